The quantitative estimate of drug-likeness (QED) is 0.756. The van der Waals surface area contributed by atoms with Crippen molar-refractivity contribution in [3.05, 3.63) is 12.8 Å². The molecule has 2 rings (SSSR count). The average Bonchev–Trinajstić information content (AvgIpc) is 2.33. The van der Waals surface area contributed by atoms with E-state index in [0.29, 0.717) is 5.41 Å². The van der Waals surface area contributed by atoms with Crippen molar-refractivity contribution < 1.29 is 0 Å². The number of piperidine rings is 1. The fraction of sp³-hybridized carbons (Fsp3) is 0.867. The number of rotatable bonds is 3. The van der Waals surface area contributed by atoms with Crippen molar-refractivity contribution in [2.24, 2.45) is 11.3 Å². The van der Waals surface area contributed by atoms with E-state index >= 15 is 0 Å². The second kappa shape index (κ2) is 5.62. The Morgan fingerprint density at radius 3 is 2.39 bits per heavy atom. The number of nitrogens with zero attached hydrogens (tertiary/aromatic N) is 3. The maximum Gasteiger partial charge on any atom is 0.0300 e. The van der Waals surface area contributed by atoms with Crippen molar-refractivity contribution >= 4 is 0 Å². The topological polar surface area (TPSA) is 9.72 Å². The minimum absolute atomic E-state index is 0.461. The van der Waals surface area contributed by atoms with E-state index in [-0.39, 0.29) is 0 Å². The van der Waals surface area contributed by atoms with Gasteiger partial charge in [0.2, 0.25) is 0 Å². The zero-order valence-corrected chi connectivity index (χ0v) is 12.4. The first-order valence-electron chi connectivity index (χ1n) is 7.29. The van der Waals surface area contributed by atoms with Crippen LogP contribution in [0.25, 0.3) is 0 Å². The lowest BCUT2D eigenvalue weighted by molar-refractivity contribution is 0.0348. The monoisotopic (exact) mass is 251 g/mol. The Balaban J connectivity index is 1.84. The highest BCUT2D eigenvalue weighted by molar-refractivity contribution is 4.89. The molecule has 0 unspecified atom stereocenters. The second-order valence-corrected chi connectivity index (χ2v) is 6.73. The van der Waals surface area contributed by atoms with Gasteiger partial charge in [0.25, 0.3) is 0 Å². The summed E-state index contributed by atoms with van der Waals surface area (Å²) >= 11 is 0. The molecule has 0 aromatic carbocycles. The fourth-order valence-corrected chi connectivity index (χ4v) is 3.45. The van der Waals surface area contributed by atoms with Gasteiger partial charge in [0.05, 0.1) is 0 Å². The largest absolute Gasteiger partial charge is 0.375 e. The molecule has 2 aliphatic heterocycles. The molecule has 2 heterocycles. The predicted molar refractivity (Wildman–Crippen MR) is 77.6 cm³/mol. The fourth-order valence-electron chi connectivity index (χ4n) is 3.45. The van der Waals surface area contributed by atoms with E-state index in [1.165, 1.54) is 39.1 Å². The number of hydrogen-bond donors (Lipinski definition) is 0. The molecule has 3 nitrogen and oxygen atoms in total. The molecule has 3 heteroatoms. The zero-order valence-electron chi connectivity index (χ0n) is 12.4. The maximum absolute atomic E-state index is 3.86. The summed E-state index contributed by atoms with van der Waals surface area (Å²) in [5.74, 6) is 0.851. The van der Waals surface area contributed by atoms with Crippen LogP contribution < -0.4 is 0 Å². The summed E-state index contributed by atoms with van der Waals surface area (Å²) in [6.07, 6.45) is 3.34. The summed E-state index contributed by atoms with van der Waals surface area (Å²) in [6.45, 7) is 17.2. The van der Waals surface area contributed by atoms with E-state index in [2.05, 4.69) is 42.2 Å². The molecule has 18 heavy (non-hydrogen) atoms. The van der Waals surface area contributed by atoms with Crippen molar-refractivity contribution in [2.45, 2.75) is 20.3 Å². The normalized spacial score (nSPS) is 30.4. The first kappa shape index (κ1) is 13.9. The van der Waals surface area contributed by atoms with Crippen LogP contribution in [0, 0.1) is 11.3 Å². The molecule has 2 saturated heterocycles. The highest BCUT2D eigenvalue weighted by Gasteiger charge is 2.35. The molecule has 104 valence electrons. The van der Waals surface area contributed by atoms with Crippen LogP contribution in [-0.4, -0.2) is 67.6 Å². The minimum Gasteiger partial charge on any atom is -0.375 e. The van der Waals surface area contributed by atoms with E-state index < -0.39 is 0 Å². The highest BCUT2D eigenvalue weighted by atomic mass is 15.3. The van der Waals surface area contributed by atoms with Crippen LogP contribution in [0.4, 0.5) is 0 Å². The van der Waals surface area contributed by atoms with Crippen LogP contribution in [0.1, 0.15) is 20.3 Å². The predicted octanol–water partition coefficient (Wildman–Crippen LogP) is 1.73. The Morgan fingerprint density at radius 2 is 1.83 bits per heavy atom. The van der Waals surface area contributed by atoms with Crippen LogP contribution in [-0.2, 0) is 0 Å². The van der Waals surface area contributed by atoms with Crippen molar-refractivity contribution in [1.82, 2.24) is 14.7 Å². The molecule has 0 radical (unpaired) electrons. The summed E-state index contributed by atoms with van der Waals surface area (Å²) in [7, 11) is 2.25. The molecule has 0 N–H and O–H groups in total. The molecule has 0 amide bonds. The third-order valence-corrected chi connectivity index (χ3v) is 4.79. The first-order valence-corrected chi connectivity index (χ1v) is 7.29. The van der Waals surface area contributed by atoms with E-state index in [1.54, 1.807) is 0 Å². The van der Waals surface area contributed by atoms with Crippen LogP contribution >= 0.6 is 0 Å². The van der Waals surface area contributed by atoms with Gasteiger partial charge < -0.3 is 9.80 Å². The van der Waals surface area contributed by atoms with Crippen LogP contribution in [0.3, 0.4) is 0 Å². The van der Waals surface area contributed by atoms with Gasteiger partial charge >= 0.3 is 0 Å². The third-order valence-electron chi connectivity index (χ3n) is 4.79. The van der Waals surface area contributed by atoms with Crippen molar-refractivity contribution in [2.75, 3.05) is 52.9 Å². The minimum atomic E-state index is 0.461. The molecular weight excluding hydrogens is 222 g/mol. The zero-order chi connectivity index (χ0) is 13.2. The summed E-state index contributed by atoms with van der Waals surface area (Å²) in [4.78, 5) is 7.46. The summed E-state index contributed by atoms with van der Waals surface area (Å²) in [5.41, 5.74) is 0.461. The standard InChI is InChI=1S/C15H29N3/c1-5-17-8-10-18(11-9-17)12-14-6-7-16(4)13-15(14,2)3/h5,14H,1,6-13H2,2-4H3/t14-/m1/s1. The van der Waals surface area contributed by atoms with Gasteiger partial charge in [-0.3, -0.25) is 4.90 Å². The van der Waals surface area contributed by atoms with E-state index in [9.17, 15) is 0 Å². The third kappa shape index (κ3) is 3.27. The van der Waals surface area contributed by atoms with Gasteiger partial charge in [0.15, 0.2) is 0 Å². The number of likely N-dealkylation sites (tertiary alicyclic amines) is 1. The highest BCUT2D eigenvalue weighted by Crippen LogP contribution is 2.34. The second-order valence-electron chi connectivity index (χ2n) is 6.73. The Hall–Kier alpha value is -0.540. The average molecular weight is 251 g/mol. The van der Waals surface area contributed by atoms with Gasteiger partial charge in [-0.15, -0.1) is 0 Å². The summed E-state index contributed by atoms with van der Waals surface area (Å²) in [5, 5.41) is 0. The Morgan fingerprint density at radius 1 is 1.17 bits per heavy atom. The van der Waals surface area contributed by atoms with Gasteiger partial charge in [0.1, 0.15) is 0 Å². The lowest BCUT2D eigenvalue weighted by Crippen LogP contribution is -2.51. The Bertz CT molecular complexity index is 279. The molecule has 0 aromatic heterocycles. The molecule has 2 aliphatic rings. The summed E-state index contributed by atoms with van der Waals surface area (Å²) in [6, 6.07) is 0. The molecule has 0 aromatic rings. The Kier molecular flexibility index (Phi) is 4.33. The molecule has 0 aliphatic carbocycles. The van der Waals surface area contributed by atoms with E-state index in [0.717, 1.165) is 19.0 Å². The van der Waals surface area contributed by atoms with Crippen LogP contribution in [0.5, 0.6) is 0 Å². The Labute approximate surface area is 112 Å². The lowest BCUT2D eigenvalue weighted by atomic mass is 9.73. The molecule has 0 bridgehead atoms. The van der Waals surface area contributed by atoms with Crippen LogP contribution in [0.15, 0.2) is 12.8 Å². The van der Waals surface area contributed by atoms with Crippen LogP contribution in [0.2, 0.25) is 0 Å². The van der Waals surface area contributed by atoms with Crippen molar-refractivity contribution in [3.63, 3.8) is 0 Å². The number of piperazine rings is 1. The SMILES string of the molecule is C=CN1CCN(C[C@H]2CCN(C)CC2(C)C)CC1. The molecular formula is C15H29N3. The molecule has 0 spiro atoms. The van der Waals surface area contributed by atoms with E-state index in [1.807, 2.05) is 6.20 Å². The number of hydrogen-bond acceptors (Lipinski definition) is 3. The van der Waals surface area contributed by atoms with Gasteiger partial charge in [-0.2, -0.15) is 0 Å². The van der Waals surface area contributed by atoms with Crippen molar-refractivity contribution in [1.29, 1.82) is 0 Å². The lowest BCUT2D eigenvalue weighted by Gasteiger charge is -2.46. The van der Waals surface area contributed by atoms with Gasteiger partial charge in [-0.1, -0.05) is 20.4 Å². The molecule has 1 atom stereocenters. The van der Waals surface area contributed by atoms with Gasteiger partial charge in [-0.05, 0) is 37.5 Å². The maximum atomic E-state index is 3.86. The van der Waals surface area contributed by atoms with E-state index in [4.69, 9.17) is 0 Å². The molecule has 0 saturated carbocycles. The van der Waals surface area contributed by atoms with Gasteiger partial charge in [0, 0.05) is 39.3 Å². The van der Waals surface area contributed by atoms with Crippen molar-refractivity contribution in [3.8, 4) is 0 Å². The molecule has 2 fully saturated rings. The smallest absolute Gasteiger partial charge is 0.0300 e. The first-order chi connectivity index (χ1) is 8.51. The summed E-state index contributed by atoms with van der Waals surface area (Å²) < 4.78 is 0. The van der Waals surface area contributed by atoms with Gasteiger partial charge in [-0.25, -0.2) is 0 Å².